The number of anilines is 2. The Bertz CT molecular complexity index is 2560. The molecule has 318 valence electrons. The number of nitrogens with zero attached hydrogens (tertiary/aromatic N) is 4. The Morgan fingerprint density at radius 2 is 1.36 bits per heavy atom. The van der Waals surface area contributed by atoms with Crippen LogP contribution in [0.5, 0.6) is 5.75 Å². The van der Waals surface area contributed by atoms with Gasteiger partial charge in [0.15, 0.2) is 0 Å². The number of ether oxygens (including phenoxy) is 1. The summed E-state index contributed by atoms with van der Waals surface area (Å²) >= 11 is 6.18. The average Bonchev–Trinajstić information content (AvgIpc) is 3.74. The van der Waals surface area contributed by atoms with Gasteiger partial charge in [-0.15, -0.1) is 0 Å². The van der Waals surface area contributed by atoms with Crippen LogP contribution < -0.4 is 20.7 Å². The average molecular weight is 874 g/mol. The molecule has 16 nitrogen and oxygen atoms in total. The van der Waals surface area contributed by atoms with Crippen LogP contribution in [0.15, 0.2) is 30.9 Å². The molecule has 0 radical (unpaired) electrons. The largest absolute Gasteiger partial charge is 0.489 e. The third-order valence-electron chi connectivity index (χ3n) is 10.2. The summed E-state index contributed by atoms with van der Waals surface area (Å²) in [5, 5.41) is 10.9. The van der Waals surface area contributed by atoms with Gasteiger partial charge < -0.3 is 30.7 Å². The van der Waals surface area contributed by atoms with E-state index in [9.17, 15) is 30.8 Å². The molecule has 0 saturated heterocycles. The lowest BCUT2D eigenvalue weighted by atomic mass is 9.86. The second-order valence-electron chi connectivity index (χ2n) is 15.4. The predicted octanol–water partition coefficient (Wildman–Crippen LogP) is 4.55. The summed E-state index contributed by atoms with van der Waals surface area (Å²) in [5.41, 5.74) is 6.00. The minimum Gasteiger partial charge on any atom is -0.489 e. The summed E-state index contributed by atoms with van der Waals surface area (Å²) in [4.78, 5) is 48.7. The van der Waals surface area contributed by atoms with Crippen molar-refractivity contribution in [2.24, 2.45) is 11.8 Å². The van der Waals surface area contributed by atoms with Crippen LogP contribution in [-0.2, 0) is 54.9 Å². The molecule has 2 unspecified atom stereocenters. The number of carbonyl (C=O) groups is 2. The number of H-pyrrole nitrogens is 2. The summed E-state index contributed by atoms with van der Waals surface area (Å²) in [5.74, 6) is 0.130. The molecule has 5 N–H and O–H groups in total. The molecule has 4 heterocycles. The Labute approximate surface area is 347 Å². The quantitative estimate of drug-likeness (QED) is 0.0765. The second kappa shape index (κ2) is 18.6. The van der Waals surface area contributed by atoms with Crippen molar-refractivity contribution in [3.63, 3.8) is 0 Å². The van der Waals surface area contributed by atoms with E-state index in [2.05, 4.69) is 45.9 Å². The van der Waals surface area contributed by atoms with Crippen LogP contribution in [-0.4, -0.2) is 102 Å². The van der Waals surface area contributed by atoms with Crippen LogP contribution in [0.1, 0.15) is 62.0 Å². The molecule has 2 aliphatic carbocycles. The Balaban J connectivity index is 0.000000213. The molecule has 7 rings (SSSR count). The summed E-state index contributed by atoms with van der Waals surface area (Å²) in [6.07, 6.45) is 9.87. The number of nitrogens with one attached hydrogen (secondary N) is 5. The van der Waals surface area contributed by atoms with E-state index < -0.39 is 25.5 Å². The first kappa shape index (κ1) is 43.7. The van der Waals surface area contributed by atoms with Crippen molar-refractivity contribution in [1.82, 2.24) is 40.5 Å². The molecule has 0 bridgehead atoms. The van der Waals surface area contributed by atoms with Crippen molar-refractivity contribution in [3.05, 3.63) is 64.3 Å². The molecular weight excluding hydrogens is 825 g/mol. The normalized spacial score (nSPS) is 16.5. The molecule has 4 aromatic heterocycles. The number of sulfone groups is 2. The van der Waals surface area contributed by atoms with E-state index in [1.807, 2.05) is 13.8 Å². The number of carbonyl (C=O) groups excluding carboxylic acids is 2. The lowest BCUT2D eigenvalue weighted by Gasteiger charge is -2.22. The smallest absolute Gasteiger partial charge is 0.223 e. The van der Waals surface area contributed by atoms with Crippen molar-refractivity contribution in [2.75, 3.05) is 42.4 Å². The molecule has 2 atom stereocenters. The first-order valence-corrected chi connectivity index (χ1v) is 23.9. The molecular formula is C39H49ClFN9O7S2. The number of hydrogen-bond acceptors (Lipinski definition) is 12. The number of halogens is 2. The van der Waals surface area contributed by atoms with Crippen molar-refractivity contribution in [1.29, 1.82) is 0 Å². The number of hydrogen-bond donors (Lipinski definition) is 5. The highest BCUT2D eigenvalue weighted by atomic mass is 35.5. The van der Waals surface area contributed by atoms with E-state index in [1.165, 1.54) is 37.3 Å². The van der Waals surface area contributed by atoms with Gasteiger partial charge >= 0.3 is 0 Å². The standard InChI is InChI=1S/C24H30FN5O4S.C15H19ClN4O3S/c1-14(2)34-20-12-16(25)6-8-19(20)30-23-21-17-11-15(24(31)26-9-4-10-35(3,32)33)5-7-18(17)29-22(21)27-13-28-23;1-24(22,23)6-2-5-17-15(21)9-3-4-11-10(7-9)12-13(16)18-8-19-14(12)20-11/h6,8,12-15H,4-5,7,9-11H2,1-3H3,(H,26,31)(H2,27,28,29,30);8-9H,2-7H2,1H3,(H,17,21)(H,18,19,20). The summed E-state index contributed by atoms with van der Waals surface area (Å²) in [7, 11) is -6.05. The molecule has 0 spiro atoms. The fraction of sp³-hybridized carbons (Fsp3) is 0.487. The molecule has 5 aromatic rings. The number of rotatable bonds is 14. The van der Waals surface area contributed by atoms with Gasteiger partial charge in [0.1, 0.15) is 66.2 Å². The summed E-state index contributed by atoms with van der Waals surface area (Å²) in [6.45, 7) is 4.42. The van der Waals surface area contributed by atoms with Crippen molar-refractivity contribution < 1.29 is 35.6 Å². The van der Waals surface area contributed by atoms with E-state index in [0.29, 0.717) is 85.3 Å². The van der Waals surface area contributed by atoms with Gasteiger partial charge in [-0.1, -0.05) is 11.6 Å². The Kier molecular flexibility index (Phi) is 13.8. The zero-order valence-corrected chi connectivity index (χ0v) is 35.7. The van der Waals surface area contributed by atoms with Gasteiger partial charge in [-0.25, -0.2) is 41.2 Å². The first-order chi connectivity index (χ1) is 28.0. The highest BCUT2D eigenvalue weighted by molar-refractivity contribution is 7.90. The van der Waals surface area contributed by atoms with Gasteiger partial charge in [0.25, 0.3) is 0 Å². The molecule has 0 aliphatic heterocycles. The predicted molar refractivity (Wildman–Crippen MR) is 224 cm³/mol. The van der Waals surface area contributed by atoms with Gasteiger partial charge in [-0.3, -0.25) is 9.59 Å². The molecule has 1 aromatic carbocycles. The zero-order valence-electron chi connectivity index (χ0n) is 33.3. The van der Waals surface area contributed by atoms with Gasteiger partial charge in [-0.05, 0) is 88.5 Å². The third-order valence-corrected chi connectivity index (χ3v) is 12.5. The minimum atomic E-state index is -3.05. The van der Waals surface area contributed by atoms with Gasteiger partial charge in [0.05, 0.1) is 34.1 Å². The van der Waals surface area contributed by atoms with Crippen molar-refractivity contribution in [2.45, 2.75) is 71.3 Å². The Morgan fingerprint density at radius 3 is 1.90 bits per heavy atom. The topological polar surface area (TPSA) is 231 Å². The molecule has 0 fully saturated rings. The second-order valence-corrected chi connectivity index (χ2v) is 20.2. The van der Waals surface area contributed by atoms with Crippen LogP contribution in [0.25, 0.3) is 22.1 Å². The number of amides is 2. The maximum atomic E-state index is 13.8. The van der Waals surface area contributed by atoms with Crippen molar-refractivity contribution >= 4 is 76.7 Å². The number of fused-ring (bicyclic) bond motifs is 6. The van der Waals surface area contributed by atoms with E-state index in [-0.39, 0.29) is 41.3 Å². The molecule has 0 saturated carbocycles. The SMILES string of the molecule is CC(C)Oc1cc(F)ccc1Nc1ncnc2[nH]c3c(c12)CC(C(=O)NCCCS(C)(=O)=O)CC3.CS(=O)(=O)CCCNC(=O)C1CCc2[nH]c3ncnc(Cl)c3c2C1. The van der Waals surface area contributed by atoms with E-state index >= 15 is 0 Å². The number of aromatic nitrogens is 6. The first-order valence-electron chi connectivity index (χ1n) is 19.4. The highest BCUT2D eigenvalue weighted by Crippen LogP contribution is 2.37. The maximum Gasteiger partial charge on any atom is 0.223 e. The van der Waals surface area contributed by atoms with E-state index in [1.54, 1.807) is 6.07 Å². The summed E-state index contributed by atoms with van der Waals surface area (Å²) in [6, 6.07) is 4.29. The molecule has 2 amide bonds. The molecule has 2 aliphatic rings. The lowest BCUT2D eigenvalue weighted by molar-refractivity contribution is -0.126. The van der Waals surface area contributed by atoms with Crippen LogP contribution in [0, 0.1) is 17.7 Å². The fourth-order valence-electron chi connectivity index (χ4n) is 7.44. The Morgan fingerprint density at radius 1 is 0.831 bits per heavy atom. The maximum absolute atomic E-state index is 13.8. The Hall–Kier alpha value is -4.88. The van der Waals surface area contributed by atoms with Gasteiger partial charge in [0, 0.05) is 54.9 Å². The van der Waals surface area contributed by atoms with Crippen molar-refractivity contribution in [3.8, 4) is 5.75 Å². The number of aromatic amines is 2. The summed E-state index contributed by atoms with van der Waals surface area (Å²) < 4.78 is 64.4. The zero-order chi connectivity index (χ0) is 42.5. The minimum absolute atomic E-state index is 0.0445. The monoisotopic (exact) mass is 873 g/mol. The lowest BCUT2D eigenvalue weighted by Crippen LogP contribution is -2.35. The molecule has 20 heteroatoms. The van der Waals surface area contributed by atoms with E-state index in [0.717, 1.165) is 46.1 Å². The third kappa shape index (κ3) is 11.4. The number of aryl methyl sites for hydroxylation is 2. The van der Waals surface area contributed by atoms with Crippen LogP contribution in [0.4, 0.5) is 15.9 Å². The number of benzene rings is 1. The van der Waals surface area contributed by atoms with Crippen LogP contribution in [0.3, 0.4) is 0 Å². The highest BCUT2D eigenvalue weighted by Gasteiger charge is 2.30. The van der Waals surface area contributed by atoms with Crippen LogP contribution >= 0.6 is 11.6 Å². The van der Waals surface area contributed by atoms with Crippen LogP contribution in [0.2, 0.25) is 5.15 Å². The van der Waals surface area contributed by atoms with Gasteiger partial charge in [-0.2, -0.15) is 0 Å². The van der Waals surface area contributed by atoms with E-state index in [4.69, 9.17) is 16.3 Å². The van der Waals surface area contributed by atoms with Gasteiger partial charge in [0.2, 0.25) is 11.8 Å². The fourth-order valence-corrected chi connectivity index (χ4v) is 9.03. The molecule has 59 heavy (non-hydrogen) atoms.